The van der Waals surface area contributed by atoms with E-state index < -0.39 is 28.9 Å². The lowest BCUT2D eigenvalue weighted by atomic mass is 9.87. The second kappa shape index (κ2) is 9.78. The maximum absolute atomic E-state index is 13.1. The van der Waals surface area contributed by atoms with Crippen molar-refractivity contribution in [2.45, 2.75) is 32.9 Å². The van der Waals surface area contributed by atoms with E-state index in [0.717, 1.165) is 0 Å². The lowest BCUT2D eigenvalue weighted by molar-refractivity contribution is -0.384. The van der Waals surface area contributed by atoms with Crippen molar-refractivity contribution >= 4 is 35.1 Å². The summed E-state index contributed by atoms with van der Waals surface area (Å²) in [4.78, 5) is 41.9. The fourth-order valence-electron chi connectivity index (χ4n) is 3.42. The Hall–Kier alpha value is -3.46. The van der Waals surface area contributed by atoms with Gasteiger partial charge >= 0.3 is 12.1 Å². The Morgan fingerprint density at radius 1 is 1.22 bits per heavy atom. The van der Waals surface area contributed by atoms with E-state index in [4.69, 9.17) is 21.1 Å². The van der Waals surface area contributed by atoms with Gasteiger partial charge in [0.25, 0.3) is 5.69 Å². The number of carbonyl (C=O) groups is 2. The van der Waals surface area contributed by atoms with Crippen molar-refractivity contribution in [2.24, 2.45) is 10.9 Å². The fourth-order valence-corrected chi connectivity index (χ4v) is 3.62. The first kappa shape index (κ1) is 23.2. The van der Waals surface area contributed by atoms with Crippen molar-refractivity contribution in [3.05, 3.63) is 69.2 Å². The summed E-state index contributed by atoms with van der Waals surface area (Å²) >= 11 is 6.17. The molecule has 10 heteroatoms. The summed E-state index contributed by atoms with van der Waals surface area (Å²) in [5.74, 6) is -1.24. The summed E-state index contributed by atoms with van der Waals surface area (Å²) in [5, 5.41) is 11.3. The molecule has 1 aliphatic rings. The van der Waals surface area contributed by atoms with Gasteiger partial charge in [-0.15, -0.1) is 0 Å². The van der Waals surface area contributed by atoms with E-state index in [9.17, 15) is 19.7 Å². The van der Waals surface area contributed by atoms with Crippen LogP contribution < -0.4 is 4.74 Å². The van der Waals surface area contributed by atoms with Crippen molar-refractivity contribution in [1.29, 1.82) is 0 Å². The van der Waals surface area contributed by atoms with Crippen molar-refractivity contribution < 1.29 is 24.0 Å². The molecule has 0 saturated carbocycles. The first-order valence-corrected chi connectivity index (χ1v) is 10.2. The minimum absolute atomic E-state index is 0.0414. The van der Waals surface area contributed by atoms with Crippen LogP contribution in [-0.2, 0) is 9.53 Å². The molecule has 0 aromatic heterocycles. The van der Waals surface area contributed by atoms with Gasteiger partial charge in [0.2, 0.25) is 0 Å². The molecule has 1 aliphatic heterocycles. The summed E-state index contributed by atoms with van der Waals surface area (Å²) in [7, 11) is 0. The smallest absolute Gasteiger partial charge is 0.417 e. The molecule has 0 spiro atoms. The van der Waals surface area contributed by atoms with E-state index in [-0.39, 0.29) is 24.2 Å². The third kappa shape index (κ3) is 5.23. The quantitative estimate of drug-likeness (QED) is 0.361. The number of ether oxygens (including phenoxy) is 2. The minimum Gasteiger partial charge on any atom is -0.462 e. The van der Waals surface area contributed by atoms with Crippen LogP contribution in [0.3, 0.4) is 0 Å². The summed E-state index contributed by atoms with van der Waals surface area (Å²) < 4.78 is 10.9. The van der Waals surface area contributed by atoms with E-state index in [1.165, 1.54) is 29.2 Å². The van der Waals surface area contributed by atoms with Gasteiger partial charge in [-0.3, -0.25) is 24.8 Å². The normalized spacial score (nSPS) is 18.2. The molecule has 0 N–H and O–H groups in total. The number of amides is 1. The van der Waals surface area contributed by atoms with Gasteiger partial charge in [0, 0.05) is 22.9 Å². The van der Waals surface area contributed by atoms with Gasteiger partial charge < -0.3 is 9.47 Å². The van der Waals surface area contributed by atoms with Crippen LogP contribution in [0.2, 0.25) is 5.02 Å². The molecule has 0 aliphatic carbocycles. The molecule has 3 rings (SSSR count). The standard InChI is InChI=1S/C22H22ClN3O6/c1-13(2)31-21(27)19-14(3)24-12-25(20(19)15-5-4-6-16(23)11-15)22(28)32-18-9-7-17(8-10-18)26(29)30/h4-11,13,19-20H,12H2,1-3H3. The second-order valence-corrected chi connectivity index (χ2v) is 7.93. The number of non-ortho nitro benzene ring substituents is 1. The summed E-state index contributed by atoms with van der Waals surface area (Å²) in [6, 6.07) is 11.2. The maximum Gasteiger partial charge on any atom is 0.417 e. The molecule has 0 radical (unpaired) electrons. The Kier molecular flexibility index (Phi) is 7.09. The molecule has 9 nitrogen and oxygen atoms in total. The zero-order valence-corrected chi connectivity index (χ0v) is 18.5. The van der Waals surface area contributed by atoms with Crippen LogP contribution in [0.4, 0.5) is 10.5 Å². The predicted octanol–water partition coefficient (Wildman–Crippen LogP) is 4.79. The summed E-state index contributed by atoms with van der Waals surface area (Å²) in [6.45, 7) is 5.15. The van der Waals surface area contributed by atoms with E-state index in [2.05, 4.69) is 4.99 Å². The number of nitro groups is 1. The van der Waals surface area contributed by atoms with Gasteiger partial charge in [0.05, 0.1) is 17.1 Å². The van der Waals surface area contributed by atoms with Crippen LogP contribution in [0, 0.1) is 16.0 Å². The molecule has 0 bridgehead atoms. The SMILES string of the molecule is CC1=NCN(C(=O)Oc2ccc([N+](=O)[O-])cc2)C(c2cccc(Cl)c2)C1C(=O)OC(C)C. The number of aliphatic imine (C=N–C) groups is 1. The number of rotatable bonds is 5. The zero-order valence-electron chi connectivity index (χ0n) is 17.7. The minimum atomic E-state index is -0.853. The lowest BCUT2D eigenvalue weighted by Gasteiger charge is -2.38. The van der Waals surface area contributed by atoms with Crippen LogP contribution in [-0.4, -0.2) is 40.4 Å². The number of esters is 1. The highest BCUT2D eigenvalue weighted by atomic mass is 35.5. The van der Waals surface area contributed by atoms with Gasteiger partial charge in [0.1, 0.15) is 18.3 Å². The Bertz CT molecular complexity index is 1050. The topological polar surface area (TPSA) is 111 Å². The van der Waals surface area contributed by atoms with Crippen LogP contribution >= 0.6 is 11.6 Å². The molecule has 2 atom stereocenters. The summed E-state index contributed by atoms with van der Waals surface area (Å²) in [6.07, 6.45) is -1.11. The molecular formula is C22H22ClN3O6. The molecule has 1 heterocycles. The van der Waals surface area contributed by atoms with Crippen LogP contribution in [0.25, 0.3) is 0 Å². The molecule has 32 heavy (non-hydrogen) atoms. The largest absolute Gasteiger partial charge is 0.462 e. The average Bonchev–Trinajstić information content (AvgIpc) is 2.73. The number of benzene rings is 2. The van der Waals surface area contributed by atoms with Gasteiger partial charge in [-0.05, 0) is 50.6 Å². The number of nitro benzene ring substituents is 1. The Balaban J connectivity index is 1.95. The number of halogens is 1. The maximum atomic E-state index is 13.1. The number of nitrogens with zero attached hydrogens (tertiary/aromatic N) is 3. The number of hydrogen-bond acceptors (Lipinski definition) is 7. The zero-order chi connectivity index (χ0) is 23.4. The molecule has 2 unspecified atom stereocenters. The molecular weight excluding hydrogens is 438 g/mol. The van der Waals surface area contributed by atoms with E-state index in [0.29, 0.717) is 16.3 Å². The van der Waals surface area contributed by atoms with Crippen molar-refractivity contribution in [3.8, 4) is 5.75 Å². The Labute approximate surface area is 189 Å². The molecule has 2 aromatic rings. The van der Waals surface area contributed by atoms with Gasteiger partial charge in [0.15, 0.2) is 0 Å². The van der Waals surface area contributed by atoms with E-state index >= 15 is 0 Å². The highest BCUT2D eigenvalue weighted by Gasteiger charge is 2.43. The summed E-state index contributed by atoms with van der Waals surface area (Å²) in [5.41, 5.74) is 1.02. The monoisotopic (exact) mass is 459 g/mol. The molecule has 168 valence electrons. The fraction of sp³-hybridized carbons (Fsp3) is 0.318. The number of hydrogen-bond donors (Lipinski definition) is 0. The first-order chi connectivity index (χ1) is 15.2. The highest BCUT2D eigenvalue weighted by molar-refractivity contribution is 6.30. The third-order valence-corrected chi connectivity index (χ3v) is 5.09. The van der Waals surface area contributed by atoms with Crippen molar-refractivity contribution in [1.82, 2.24) is 4.90 Å². The van der Waals surface area contributed by atoms with E-state index in [1.54, 1.807) is 45.0 Å². The van der Waals surface area contributed by atoms with Gasteiger partial charge in [-0.25, -0.2) is 4.79 Å². The average molecular weight is 460 g/mol. The van der Waals surface area contributed by atoms with Gasteiger partial charge in [-0.1, -0.05) is 23.7 Å². The third-order valence-electron chi connectivity index (χ3n) is 4.86. The Morgan fingerprint density at radius 3 is 2.50 bits per heavy atom. The second-order valence-electron chi connectivity index (χ2n) is 7.49. The van der Waals surface area contributed by atoms with Crippen molar-refractivity contribution in [3.63, 3.8) is 0 Å². The number of carbonyl (C=O) groups excluding carboxylic acids is 2. The molecule has 0 saturated heterocycles. The lowest BCUT2D eigenvalue weighted by Crippen LogP contribution is -2.48. The highest BCUT2D eigenvalue weighted by Crippen LogP contribution is 2.36. The van der Waals surface area contributed by atoms with E-state index in [1.807, 2.05) is 0 Å². The predicted molar refractivity (Wildman–Crippen MR) is 118 cm³/mol. The molecule has 1 amide bonds. The van der Waals surface area contributed by atoms with Crippen LogP contribution in [0.15, 0.2) is 53.5 Å². The van der Waals surface area contributed by atoms with Gasteiger partial charge in [-0.2, -0.15) is 0 Å². The molecule has 0 fully saturated rings. The first-order valence-electron chi connectivity index (χ1n) is 9.87. The Morgan fingerprint density at radius 2 is 1.91 bits per heavy atom. The molecule has 2 aromatic carbocycles. The van der Waals surface area contributed by atoms with Crippen LogP contribution in [0.5, 0.6) is 5.75 Å². The van der Waals surface area contributed by atoms with Crippen LogP contribution in [0.1, 0.15) is 32.4 Å². The van der Waals surface area contributed by atoms with Crippen molar-refractivity contribution in [2.75, 3.05) is 6.67 Å².